The molecule has 1 aliphatic rings. The number of aromatic carboxylic acids is 1. The van der Waals surface area contributed by atoms with E-state index < -0.39 is 20.1 Å². The first-order valence-electron chi connectivity index (χ1n) is 10.7. The predicted molar refractivity (Wildman–Crippen MR) is 125 cm³/mol. The Hall–Kier alpha value is -2.74. The predicted octanol–water partition coefficient (Wildman–Crippen LogP) is 2.12. The lowest BCUT2D eigenvalue weighted by atomic mass is 9.84. The molecule has 1 fully saturated rings. The molecule has 1 aromatic heterocycles. The number of benzene rings is 2. The average Bonchev–Trinajstić information content (AvgIpc) is 3.09. The number of hydrogen-bond acceptors (Lipinski definition) is 5. The third-order valence-corrected chi connectivity index (χ3v) is 6.09. The molecule has 160 valence electrons. The van der Waals surface area contributed by atoms with Gasteiger partial charge >= 0.3 is 20.1 Å². The number of rotatable bonds is 6. The van der Waals surface area contributed by atoms with Crippen LogP contribution < -0.4 is 4.90 Å². The summed E-state index contributed by atoms with van der Waals surface area (Å²) in [5, 5.41) is 31.4. The molecule has 4 rings (SSSR count). The molecule has 7 nitrogen and oxygen atoms in total. The summed E-state index contributed by atoms with van der Waals surface area (Å²) in [4.78, 5) is 16.5. The molecule has 3 aromatic rings. The van der Waals surface area contributed by atoms with E-state index in [2.05, 4.69) is 4.90 Å². The average molecular weight is 419 g/mol. The number of carbonyl (C=O) groups is 1. The van der Waals surface area contributed by atoms with Gasteiger partial charge in [0.05, 0.1) is 11.2 Å². The van der Waals surface area contributed by atoms with Crippen LogP contribution in [-0.2, 0) is 6.42 Å². The molecular weight excluding hydrogens is 392 g/mol. The second-order valence-corrected chi connectivity index (χ2v) is 8.12. The normalized spacial score (nSPS) is 14.8. The highest BCUT2D eigenvalue weighted by atomic mass is 16.4. The van der Waals surface area contributed by atoms with Crippen molar-refractivity contribution >= 4 is 36.7 Å². The maximum absolute atomic E-state index is 12.3. The van der Waals surface area contributed by atoms with Gasteiger partial charge in [0, 0.05) is 38.0 Å². The van der Waals surface area contributed by atoms with Crippen LogP contribution in [0, 0.1) is 0 Å². The minimum Gasteiger partial charge on any atom is -0.477 e. The van der Waals surface area contributed by atoms with E-state index in [0.29, 0.717) is 38.2 Å². The smallest absolute Gasteiger partial charge is 0.414 e. The van der Waals surface area contributed by atoms with Gasteiger partial charge in [-0.05, 0) is 30.8 Å². The molecule has 0 unspecified atom stereocenters. The lowest BCUT2D eigenvalue weighted by Gasteiger charge is -2.37. The van der Waals surface area contributed by atoms with E-state index in [1.807, 2.05) is 53.3 Å². The quantitative estimate of drug-likeness (QED) is 0.531. The van der Waals surface area contributed by atoms with Crippen LogP contribution in [0.4, 0.5) is 5.69 Å². The summed E-state index contributed by atoms with van der Waals surface area (Å²) in [5.41, 5.74) is 3.50. The van der Waals surface area contributed by atoms with E-state index in [4.69, 9.17) is 0 Å². The van der Waals surface area contributed by atoms with Gasteiger partial charge in [-0.2, -0.15) is 0 Å². The van der Waals surface area contributed by atoms with Crippen LogP contribution in [-0.4, -0.2) is 70.7 Å². The lowest BCUT2D eigenvalue weighted by Crippen LogP contribution is -2.51. The Balaban J connectivity index is 1.86. The Morgan fingerprint density at radius 3 is 2.19 bits per heavy atom. The summed E-state index contributed by atoms with van der Waals surface area (Å²) < 4.78 is 1.55. The second-order valence-electron chi connectivity index (χ2n) is 8.12. The van der Waals surface area contributed by atoms with Crippen molar-refractivity contribution in [2.45, 2.75) is 20.1 Å². The van der Waals surface area contributed by atoms with Crippen LogP contribution in [0.5, 0.6) is 0 Å². The van der Waals surface area contributed by atoms with Crippen molar-refractivity contribution in [3.05, 3.63) is 65.4 Å². The van der Waals surface area contributed by atoms with Gasteiger partial charge < -0.3 is 29.3 Å². The van der Waals surface area contributed by atoms with Crippen molar-refractivity contribution in [2.75, 3.05) is 31.1 Å². The van der Waals surface area contributed by atoms with Crippen molar-refractivity contribution in [1.29, 1.82) is 0 Å². The van der Waals surface area contributed by atoms with Gasteiger partial charge in [0.1, 0.15) is 5.69 Å². The number of para-hydroxylation sites is 1. The molecule has 0 aliphatic carbocycles. The molecule has 2 heterocycles. The number of hydrogen-bond donors (Lipinski definition) is 3. The first kappa shape index (κ1) is 21.5. The summed E-state index contributed by atoms with van der Waals surface area (Å²) in [6.07, 6.45) is 0.470. The first-order chi connectivity index (χ1) is 14.9. The SMILES string of the molecule is CB(O)N1CCN(c2cccc3c(Cc4ccccc4)c(C(=O)O)n(B(C)O)c23)CC1. The molecule has 0 saturated carbocycles. The molecule has 3 N–H and O–H groups in total. The number of piperazine rings is 1. The van der Waals surface area contributed by atoms with Crippen LogP contribution in [0.15, 0.2) is 48.5 Å². The summed E-state index contributed by atoms with van der Waals surface area (Å²) in [6.45, 7) is 6.22. The van der Waals surface area contributed by atoms with E-state index in [1.165, 1.54) is 0 Å². The fourth-order valence-electron chi connectivity index (χ4n) is 4.59. The Kier molecular flexibility index (Phi) is 6.09. The molecule has 0 bridgehead atoms. The van der Waals surface area contributed by atoms with E-state index in [1.54, 1.807) is 18.1 Å². The minimum absolute atomic E-state index is 0.129. The third kappa shape index (κ3) is 4.08. The van der Waals surface area contributed by atoms with Crippen molar-refractivity contribution in [3.8, 4) is 0 Å². The fraction of sp³-hybridized carbons (Fsp3) is 0.318. The zero-order valence-electron chi connectivity index (χ0n) is 17.9. The Morgan fingerprint density at radius 1 is 0.935 bits per heavy atom. The second kappa shape index (κ2) is 8.78. The molecule has 0 atom stereocenters. The lowest BCUT2D eigenvalue weighted by molar-refractivity contribution is 0.0688. The molecule has 1 aliphatic heterocycles. The van der Waals surface area contributed by atoms with E-state index in [0.717, 1.165) is 22.2 Å². The topological polar surface area (TPSA) is 89.2 Å². The number of aromatic nitrogens is 1. The van der Waals surface area contributed by atoms with Gasteiger partial charge in [0.15, 0.2) is 0 Å². The van der Waals surface area contributed by atoms with Crippen LogP contribution in [0.25, 0.3) is 10.9 Å². The highest BCUT2D eigenvalue weighted by Gasteiger charge is 2.30. The Morgan fingerprint density at radius 2 is 1.61 bits per heavy atom. The monoisotopic (exact) mass is 419 g/mol. The third-order valence-electron chi connectivity index (χ3n) is 6.09. The van der Waals surface area contributed by atoms with Gasteiger partial charge in [0.25, 0.3) is 0 Å². The van der Waals surface area contributed by atoms with Crippen LogP contribution in [0.3, 0.4) is 0 Å². The van der Waals surface area contributed by atoms with Crippen molar-refractivity contribution in [2.24, 2.45) is 0 Å². The van der Waals surface area contributed by atoms with Crippen LogP contribution in [0.2, 0.25) is 13.6 Å². The summed E-state index contributed by atoms with van der Waals surface area (Å²) in [6, 6.07) is 15.7. The van der Waals surface area contributed by atoms with Gasteiger partial charge in [-0.25, -0.2) is 4.79 Å². The largest absolute Gasteiger partial charge is 0.477 e. The molecule has 9 heteroatoms. The number of fused-ring (bicyclic) bond motifs is 1. The molecular formula is C22H27B2N3O4. The number of nitrogens with zero attached hydrogens (tertiary/aromatic N) is 3. The summed E-state index contributed by atoms with van der Waals surface area (Å²) in [5.74, 6) is -1.05. The van der Waals surface area contributed by atoms with Crippen LogP contribution in [0.1, 0.15) is 21.6 Å². The fourth-order valence-corrected chi connectivity index (χ4v) is 4.59. The number of anilines is 1. The molecule has 0 radical (unpaired) electrons. The van der Waals surface area contributed by atoms with E-state index in [-0.39, 0.29) is 5.69 Å². The van der Waals surface area contributed by atoms with Gasteiger partial charge in [-0.15, -0.1) is 0 Å². The zero-order valence-corrected chi connectivity index (χ0v) is 17.9. The standard InChI is InChI=1S/C22H27B2N3O4/c1-23(30)26-13-11-25(12-14-26)19-10-6-9-17-18(15-16-7-4-3-5-8-16)21(22(28)29)27(20(17)19)24(2)31/h3-10,30-31H,11-15H2,1-2H3,(H,28,29). The molecule has 0 spiro atoms. The summed E-state index contributed by atoms with van der Waals surface area (Å²) >= 11 is 0. The summed E-state index contributed by atoms with van der Waals surface area (Å²) in [7, 11) is -1.48. The zero-order chi connectivity index (χ0) is 22.1. The van der Waals surface area contributed by atoms with Gasteiger partial charge in [-0.3, -0.25) is 0 Å². The molecule has 0 amide bonds. The van der Waals surface area contributed by atoms with Crippen molar-refractivity contribution in [1.82, 2.24) is 9.29 Å². The van der Waals surface area contributed by atoms with E-state index in [9.17, 15) is 19.9 Å². The number of carboxylic acid groups (broad SMARTS) is 1. The Labute approximate surface area is 182 Å². The number of carboxylic acids is 1. The van der Waals surface area contributed by atoms with Crippen molar-refractivity contribution in [3.63, 3.8) is 0 Å². The van der Waals surface area contributed by atoms with Gasteiger partial charge in [-0.1, -0.05) is 42.5 Å². The highest BCUT2D eigenvalue weighted by Crippen LogP contribution is 2.35. The molecule has 1 saturated heterocycles. The maximum Gasteiger partial charge on any atom is 0.414 e. The van der Waals surface area contributed by atoms with E-state index >= 15 is 0 Å². The first-order valence-corrected chi connectivity index (χ1v) is 10.7. The molecule has 31 heavy (non-hydrogen) atoms. The highest BCUT2D eigenvalue weighted by molar-refractivity contribution is 6.49. The van der Waals surface area contributed by atoms with Gasteiger partial charge in [0.2, 0.25) is 0 Å². The maximum atomic E-state index is 12.3. The minimum atomic E-state index is -1.05. The van der Waals surface area contributed by atoms with Crippen LogP contribution >= 0.6 is 0 Å². The Bertz CT molecular complexity index is 1080. The van der Waals surface area contributed by atoms with Crippen molar-refractivity contribution < 1.29 is 19.9 Å². The molecule has 2 aromatic carbocycles.